The molecule has 1 fully saturated rings. The normalized spacial score (nSPS) is 18.7. The number of halogens is 1. The molecule has 1 unspecified atom stereocenters. The van der Waals surface area contributed by atoms with Crippen LogP contribution in [0.1, 0.15) is 30.6 Å². The van der Waals surface area contributed by atoms with Crippen LogP contribution in [0.5, 0.6) is 5.75 Å². The van der Waals surface area contributed by atoms with Crippen LogP contribution in [0, 0.1) is 5.92 Å². The third-order valence-corrected chi connectivity index (χ3v) is 6.02. The summed E-state index contributed by atoms with van der Waals surface area (Å²) in [6.07, 6.45) is 0.379. The van der Waals surface area contributed by atoms with Gasteiger partial charge in [0.1, 0.15) is 11.3 Å². The minimum atomic E-state index is -3.14. The monoisotopic (exact) mass is 403 g/mol. The second kappa shape index (κ2) is 8.26. The Bertz CT molecular complexity index is 792. The molecule has 0 saturated carbocycles. The molecule has 1 N–H and O–H groups in total. The van der Waals surface area contributed by atoms with Crippen LogP contribution in [0.15, 0.2) is 18.2 Å². The summed E-state index contributed by atoms with van der Waals surface area (Å²) in [5.74, 6) is -1.52. The van der Waals surface area contributed by atoms with Crippen LogP contribution in [0.3, 0.4) is 0 Å². The van der Waals surface area contributed by atoms with Gasteiger partial charge in [0, 0.05) is 17.6 Å². The molecule has 1 heterocycles. The molecule has 26 heavy (non-hydrogen) atoms. The summed E-state index contributed by atoms with van der Waals surface area (Å²) in [4.78, 5) is 26.1. The summed E-state index contributed by atoms with van der Waals surface area (Å²) in [5.41, 5.74) is -0.135. The summed E-state index contributed by atoms with van der Waals surface area (Å²) < 4.78 is 28.4. The number of phenolic OH excluding ortho intramolecular Hbond substituents is 1. The molecule has 0 radical (unpaired) electrons. The zero-order valence-electron chi connectivity index (χ0n) is 14.6. The molecule has 9 heteroatoms. The number of aromatic hydroxyl groups is 1. The van der Waals surface area contributed by atoms with E-state index in [0.717, 1.165) is 0 Å². The molecule has 2 rings (SSSR count). The Balaban J connectivity index is 2.05. The molecular formula is C17H22ClNO6S. The van der Waals surface area contributed by atoms with Crippen LogP contribution in [-0.4, -0.2) is 61.0 Å². The van der Waals surface area contributed by atoms with Gasteiger partial charge in [-0.3, -0.25) is 4.79 Å². The minimum Gasteiger partial charge on any atom is -0.507 e. The van der Waals surface area contributed by atoms with Crippen molar-refractivity contribution in [3.05, 3.63) is 28.8 Å². The molecule has 1 aromatic rings. The van der Waals surface area contributed by atoms with E-state index in [4.69, 9.17) is 16.3 Å². The van der Waals surface area contributed by atoms with Crippen molar-refractivity contribution in [1.82, 2.24) is 4.90 Å². The number of nitrogens with zero attached hydrogens (tertiary/aromatic N) is 1. The van der Waals surface area contributed by atoms with Crippen LogP contribution < -0.4 is 0 Å². The summed E-state index contributed by atoms with van der Waals surface area (Å²) in [7, 11) is -3.14. The number of hydrogen-bond donors (Lipinski definition) is 1. The highest BCUT2D eigenvalue weighted by molar-refractivity contribution is 7.91. The second-order valence-electron chi connectivity index (χ2n) is 6.73. The van der Waals surface area contributed by atoms with E-state index in [1.807, 2.05) is 13.8 Å². The van der Waals surface area contributed by atoms with Crippen LogP contribution in [0.2, 0.25) is 5.02 Å². The van der Waals surface area contributed by atoms with Crippen LogP contribution in [0.4, 0.5) is 0 Å². The molecule has 1 aromatic carbocycles. The van der Waals surface area contributed by atoms with E-state index in [1.165, 1.54) is 23.1 Å². The van der Waals surface area contributed by atoms with E-state index in [1.54, 1.807) is 0 Å². The van der Waals surface area contributed by atoms with Crippen molar-refractivity contribution < 1.29 is 27.9 Å². The lowest BCUT2D eigenvalue weighted by Gasteiger charge is -2.29. The third kappa shape index (κ3) is 5.35. The predicted molar refractivity (Wildman–Crippen MR) is 97.0 cm³/mol. The number of hydrogen-bond acceptors (Lipinski definition) is 6. The first-order valence-electron chi connectivity index (χ1n) is 8.24. The van der Waals surface area contributed by atoms with Crippen LogP contribution >= 0.6 is 11.6 Å². The maximum absolute atomic E-state index is 12.5. The molecule has 0 aliphatic carbocycles. The first-order valence-corrected chi connectivity index (χ1v) is 10.4. The Labute approximate surface area is 157 Å². The average molecular weight is 404 g/mol. The summed E-state index contributed by atoms with van der Waals surface area (Å²) in [6, 6.07) is 3.52. The molecule has 0 bridgehead atoms. The molecule has 1 saturated heterocycles. The van der Waals surface area contributed by atoms with E-state index in [9.17, 15) is 23.1 Å². The SMILES string of the molecule is CC(C)CN(C(=O)COC(=O)c1cc(Cl)ccc1O)C1CCS(=O)(=O)C1. The summed E-state index contributed by atoms with van der Waals surface area (Å²) >= 11 is 5.79. The van der Waals surface area contributed by atoms with E-state index >= 15 is 0 Å². The Hall–Kier alpha value is -1.80. The van der Waals surface area contributed by atoms with Crippen molar-refractivity contribution in [3.8, 4) is 5.75 Å². The molecule has 144 valence electrons. The van der Waals surface area contributed by atoms with Crippen molar-refractivity contribution >= 4 is 33.3 Å². The second-order valence-corrected chi connectivity index (χ2v) is 9.40. The molecule has 1 atom stereocenters. The van der Waals surface area contributed by atoms with Gasteiger partial charge in [0.2, 0.25) is 0 Å². The first kappa shape index (κ1) is 20.5. The van der Waals surface area contributed by atoms with Gasteiger partial charge in [0.15, 0.2) is 16.4 Å². The van der Waals surface area contributed by atoms with E-state index in [0.29, 0.717) is 13.0 Å². The summed E-state index contributed by atoms with van der Waals surface area (Å²) in [5, 5.41) is 9.96. The van der Waals surface area contributed by atoms with Gasteiger partial charge in [-0.2, -0.15) is 0 Å². The number of benzene rings is 1. The molecule has 0 aromatic heterocycles. The number of phenols is 1. The quantitative estimate of drug-likeness (QED) is 0.727. The fraction of sp³-hybridized carbons (Fsp3) is 0.529. The number of carbonyl (C=O) groups excluding carboxylic acids is 2. The Kier molecular flexibility index (Phi) is 6.52. The van der Waals surface area contributed by atoms with Gasteiger partial charge in [0.05, 0.1) is 11.5 Å². The average Bonchev–Trinajstić information content (AvgIpc) is 2.91. The third-order valence-electron chi connectivity index (χ3n) is 4.04. The van der Waals surface area contributed by atoms with Gasteiger partial charge in [-0.05, 0) is 30.5 Å². The van der Waals surface area contributed by atoms with Crippen molar-refractivity contribution in [2.75, 3.05) is 24.7 Å². The van der Waals surface area contributed by atoms with Gasteiger partial charge < -0.3 is 14.7 Å². The van der Waals surface area contributed by atoms with Crippen molar-refractivity contribution in [1.29, 1.82) is 0 Å². The van der Waals surface area contributed by atoms with E-state index in [2.05, 4.69) is 0 Å². The van der Waals surface area contributed by atoms with E-state index < -0.39 is 34.4 Å². The highest BCUT2D eigenvalue weighted by Crippen LogP contribution is 2.23. The number of ether oxygens (including phenoxy) is 1. The maximum atomic E-state index is 12.5. The van der Waals surface area contributed by atoms with Gasteiger partial charge in [-0.1, -0.05) is 25.4 Å². The number of carbonyl (C=O) groups is 2. The zero-order valence-corrected chi connectivity index (χ0v) is 16.2. The summed E-state index contributed by atoms with van der Waals surface area (Å²) in [6.45, 7) is 3.67. The van der Waals surface area contributed by atoms with Crippen molar-refractivity contribution in [2.24, 2.45) is 5.92 Å². The highest BCUT2D eigenvalue weighted by atomic mass is 35.5. The Morgan fingerprint density at radius 1 is 1.38 bits per heavy atom. The lowest BCUT2D eigenvalue weighted by atomic mass is 10.1. The lowest BCUT2D eigenvalue weighted by Crippen LogP contribution is -2.45. The number of sulfone groups is 1. The number of esters is 1. The Morgan fingerprint density at radius 3 is 2.65 bits per heavy atom. The first-order chi connectivity index (χ1) is 12.1. The lowest BCUT2D eigenvalue weighted by molar-refractivity contribution is -0.137. The smallest absolute Gasteiger partial charge is 0.342 e. The fourth-order valence-electron chi connectivity index (χ4n) is 2.83. The Morgan fingerprint density at radius 2 is 2.08 bits per heavy atom. The van der Waals surface area contributed by atoms with Crippen LogP contribution in [-0.2, 0) is 19.4 Å². The number of amides is 1. The predicted octanol–water partition coefficient (Wildman–Crippen LogP) is 1.87. The van der Waals surface area contributed by atoms with Gasteiger partial charge in [0.25, 0.3) is 5.91 Å². The van der Waals surface area contributed by atoms with Gasteiger partial charge >= 0.3 is 5.97 Å². The van der Waals surface area contributed by atoms with Crippen molar-refractivity contribution in [2.45, 2.75) is 26.3 Å². The zero-order chi connectivity index (χ0) is 19.5. The van der Waals surface area contributed by atoms with Crippen molar-refractivity contribution in [3.63, 3.8) is 0 Å². The molecule has 0 spiro atoms. The van der Waals surface area contributed by atoms with Gasteiger partial charge in [-0.25, -0.2) is 13.2 Å². The molecule has 1 amide bonds. The van der Waals surface area contributed by atoms with Crippen LogP contribution in [0.25, 0.3) is 0 Å². The molecule has 7 nitrogen and oxygen atoms in total. The fourth-order valence-corrected chi connectivity index (χ4v) is 4.73. The highest BCUT2D eigenvalue weighted by Gasteiger charge is 2.35. The largest absolute Gasteiger partial charge is 0.507 e. The molecular weight excluding hydrogens is 382 g/mol. The minimum absolute atomic E-state index is 0.0513. The molecule has 1 aliphatic heterocycles. The topological polar surface area (TPSA) is 101 Å². The maximum Gasteiger partial charge on any atom is 0.342 e. The molecule has 1 aliphatic rings. The van der Waals surface area contributed by atoms with E-state index in [-0.39, 0.29) is 33.8 Å². The number of rotatable bonds is 6. The standard InChI is InChI=1S/C17H22ClNO6S/c1-11(2)8-19(13-5-6-26(23,24)10-13)16(21)9-25-17(22)14-7-12(18)3-4-15(14)20/h3-4,7,11,13,20H,5-6,8-10H2,1-2H3. The van der Waals surface area contributed by atoms with Gasteiger partial charge in [-0.15, -0.1) is 0 Å².